The van der Waals surface area contributed by atoms with Gasteiger partial charge in [-0.2, -0.15) is 5.10 Å². The molecule has 0 radical (unpaired) electrons. The summed E-state index contributed by atoms with van der Waals surface area (Å²) in [6, 6.07) is 16.9. The Morgan fingerprint density at radius 2 is 1.60 bits per heavy atom. The molecule has 200 valence electrons. The summed E-state index contributed by atoms with van der Waals surface area (Å²) in [5, 5.41) is 13.4. The smallest absolute Gasteiger partial charge is 0.181 e. The monoisotopic (exact) mass is 529 g/mol. The van der Waals surface area contributed by atoms with E-state index in [4.69, 9.17) is 0 Å². The van der Waals surface area contributed by atoms with Gasteiger partial charge in [-0.25, -0.2) is 4.98 Å². The third-order valence-electron chi connectivity index (χ3n) is 7.68. The summed E-state index contributed by atoms with van der Waals surface area (Å²) in [6.07, 6.45) is 9.54. The van der Waals surface area contributed by atoms with Gasteiger partial charge >= 0.3 is 0 Å². The van der Waals surface area contributed by atoms with E-state index in [2.05, 4.69) is 94.8 Å². The van der Waals surface area contributed by atoms with Gasteiger partial charge in [0.2, 0.25) is 0 Å². The molecule has 3 N–H and O–H groups in total. The second-order valence-electron chi connectivity index (χ2n) is 10.5. The number of likely N-dealkylation sites (N-methyl/N-ethyl adjacent to an activating group) is 1. The Balaban J connectivity index is 1.17. The molecule has 0 bridgehead atoms. The quantitative estimate of drug-likeness (QED) is 0.278. The topological polar surface area (TPSA) is 102 Å². The summed E-state index contributed by atoms with van der Waals surface area (Å²) in [7, 11) is 2.17. The van der Waals surface area contributed by atoms with Crippen molar-refractivity contribution in [3.8, 4) is 22.5 Å². The summed E-state index contributed by atoms with van der Waals surface area (Å²) in [5.74, 6) is 0. The van der Waals surface area contributed by atoms with Gasteiger partial charge in [0.1, 0.15) is 0 Å². The number of pyridine rings is 3. The van der Waals surface area contributed by atoms with Crippen molar-refractivity contribution in [3.63, 3.8) is 0 Å². The van der Waals surface area contributed by atoms with Crippen LogP contribution in [0.3, 0.4) is 0 Å². The molecule has 0 unspecified atom stereocenters. The van der Waals surface area contributed by atoms with Gasteiger partial charge in [-0.1, -0.05) is 30.3 Å². The molecule has 0 spiro atoms. The van der Waals surface area contributed by atoms with Crippen LogP contribution in [0.1, 0.15) is 11.1 Å². The van der Waals surface area contributed by atoms with E-state index in [1.54, 1.807) is 0 Å². The van der Waals surface area contributed by atoms with Crippen LogP contribution >= 0.6 is 0 Å². The number of nitrogens with zero attached hydrogens (tertiary/aromatic N) is 6. The molecule has 1 aliphatic rings. The Bertz CT molecular complexity index is 1760. The van der Waals surface area contributed by atoms with Crippen molar-refractivity contribution >= 4 is 27.6 Å². The van der Waals surface area contributed by atoms with E-state index < -0.39 is 0 Å². The first-order chi connectivity index (χ1) is 19.7. The maximum absolute atomic E-state index is 4.66. The highest BCUT2D eigenvalue weighted by molar-refractivity contribution is 5.99. The Morgan fingerprint density at radius 3 is 2.48 bits per heavy atom. The predicted octanol–water partition coefficient (Wildman–Crippen LogP) is 4.60. The highest BCUT2D eigenvalue weighted by atomic mass is 15.3. The van der Waals surface area contributed by atoms with Gasteiger partial charge in [0.05, 0.1) is 35.0 Å². The normalized spacial score (nSPS) is 14.4. The lowest BCUT2D eigenvalue weighted by Crippen LogP contribution is -2.44. The SMILES string of the molecule is CN1CCN(c2cncc3[nH]c(-c4[nH]nc5ncc(-c6cncc(CNCc7ccccc7)c6)cc45)cc23)CC1. The molecule has 7 rings (SSSR count). The first kappa shape index (κ1) is 24.4. The van der Waals surface area contributed by atoms with Gasteiger partial charge in [-0.3, -0.25) is 15.1 Å². The summed E-state index contributed by atoms with van der Waals surface area (Å²) >= 11 is 0. The predicted molar refractivity (Wildman–Crippen MR) is 159 cm³/mol. The van der Waals surface area contributed by atoms with Gasteiger partial charge in [-0.05, 0) is 36.4 Å². The summed E-state index contributed by atoms with van der Waals surface area (Å²) in [4.78, 5) is 22.0. The number of nitrogens with one attached hydrogen (secondary N) is 3. The number of rotatable bonds is 7. The minimum absolute atomic E-state index is 0.684. The summed E-state index contributed by atoms with van der Waals surface area (Å²) < 4.78 is 0. The van der Waals surface area contributed by atoms with Crippen LogP contribution in [0.4, 0.5) is 5.69 Å². The molecule has 6 heterocycles. The molecule has 40 heavy (non-hydrogen) atoms. The largest absolute Gasteiger partial charge is 0.367 e. The molecule has 9 heteroatoms. The molecule has 6 aromatic rings. The molecule has 5 aromatic heterocycles. The second-order valence-corrected chi connectivity index (χ2v) is 10.5. The molecule has 1 fully saturated rings. The van der Waals surface area contributed by atoms with Crippen LogP contribution in [-0.2, 0) is 13.1 Å². The molecule has 0 saturated carbocycles. The number of hydrogen-bond acceptors (Lipinski definition) is 7. The van der Waals surface area contributed by atoms with Crippen molar-refractivity contribution in [2.24, 2.45) is 0 Å². The lowest BCUT2D eigenvalue weighted by Gasteiger charge is -2.34. The maximum Gasteiger partial charge on any atom is 0.181 e. The van der Waals surface area contributed by atoms with Gasteiger partial charge in [-0.15, -0.1) is 0 Å². The maximum atomic E-state index is 4.66. The van der Waals surface area contributed by atoms with E-state index in [1.807, 2.05) is 37.1 Å². The van der Waals surface area contributed by atoms with Crippen LogP contribution in [0.2, 0.25) is 0 Å². The van der Waals surface area contributed by atoms with Crippen molar-refractivity contribution in [2.45, 2.75) is 13.1 Å². The van der Waals surface area contributed by atoms with Crippen LogP contribution in [0.25, 0.3) is 44.5 Å². The van der Waals surface area contributed by atoms with Gasteiger partial charge in [0, 0.05) is 79.8 Å². The molecule has 1 aliphatic heterocycles. The zero-order valence-corrected chi connectivity index (χ0v) is 22.4. The fraction of sp³-hybridized carbons (Fsp3) is 0.226. The molecular formula is C31H31N9. The number of piperazine rings is 1. The van der Waals surface area contributed by atoms with Crippen molar-refractivity contribution in [2.75, 3.05) is 38.1 Å². The lowest BCUT2D eigenvalue weighted by atomic mass is 10.1. The summed E-state index contributed by atoms with van der Waals surface area (Å²) in [6.45, 7) is 5.63. The highest BCUT2D eigenvalue weighted by Crippen LogP contribution is 2.34. The molecule has 0 amide bonds. The van der Waals surface area contributed by atoms with Crippen LogP contribution in [0.5, 0.6) is 0 Å². The highest BCUT2D eigenvalue weighted by Gasteiger charge is 2.19. The van der Waals surface area contributed by atoms with E-state index in [0.29, 0.717) is 5.65 Å². The van der Waals surface area contributed by atoms with Crippen molar-refractivity contribution in [3.05, 3.63) is 90.6 Å². The van der Waals surface area contributed by atoms with Crippen molar-refractivity contribution < 1.29 is 0 Å². The molecular weight excluding hydrogens is 498 g/mol. The Kier molecular flexibility index (Phi) is 6.43. The fourth-order valence-electron chi connectivity index (χ4n) is 5.42. The van der Waals surface area contributed by atoms with Crippen LogP contribution < -0.4 is 10.2 Å². The Labute approximate surface area is 232 Å². The van der Waals surface area contributed by atoms with Crippen molar-refractivity contribution in [1.82, 2.24) is 40.3 Å². The van der Waals surface area contributed by atoms with E-state index in [1.165, 1.54) is 16.6 Å². The average molecular weight is 530 g/mol. The number of aromatic amines is 2. The second kappa shape index (κ2) is 10.5. The fourth-order valence-corrected chi connectivity index (χ4v) is 5.42. The first-order valence-electron chi connectivity index (χ1n) is 13.6. The van der Waals surface area contributed by atoms with Gasteiger partial charge in [0.15, 0.2) is 5.65 Å². The number of anilines is 1. The van der Waals surface area contributed by atoms with Crippen molar-refractivity contribution in [1.29, 1.82) is 0 Å². The number of hydrogen-bond donors (Lipinski definition) is 3. The number of aromatic nitrogens is 6. The van der Waals surface area contributed by atoms with E-state index in [0.717, 1.165) is 78.2 Å². The number of fused-ring (bicyclic) bond motifs is 2. The van der Waals surface area contributed by atoms with Crippen LogP contribution in [0.15, 0.2) is 79.5 Å². The molecule has 0 aliphatic carbocycles. The molecule has 0 atom stereocenters. The standard InChI is InChI=1S/C31H31N9/c1-39-7-9-40(10-8-39)29-20-34-19-28-25(29)13-27(36-28)30-26-12-24(18-35-31(26)38-37-30)23-11-22(16-33-17-23)15-32-14-21-5-3-2-4-6-21/h2-6,11-13,16-20,32,36H,7-10,14-15H2,1H3,(H,35,37,38). The lowest BCUT2D eigenvalue weighted by molar-refractivity contribution is 0.313. The zero-order chi connectivity index (χ0) is 26.9. The number of H-pyrrole nitrogens is 2. The Morgan fingerprint density at radius 1 is 0.800 bits per heavy atom. The minimum Gasteiger partial charge on any atom is -0.367 e. The third-order valence-corrected chi connectivity index (χ3v) is 7.68. The van der Waals surface area contributed by atoms with Crippen LogP contribution in [0, 0.1) is 0 Å². The zero-order valence-electron chi connectivity index (χ0n) is 22.4. The average Bonchev–Trinajstić information content (AvgIpc) is 3.62. The molecule has 1 saturated heterocycles. The van der Waals surface area contributed by atoms with Gasteiger partial charge in [0.25, 0.3) is 0 Å². The number of benzene rings is 1. The van der Waals surface area contributed by atoms with E-state index >= 15 is 0 Å². The van der Waals surface area contributed by atoms with E-state index in [9.17, 15) is 0 Å². The third kappa shape index (κ3) is 4.81. The summed E-state index contributed by atoms with van der Waals surface area (Å²) in [5.41, 5.74) is 9.16. The first-order valence-corrected chi connectivity index (χ1v) is 13.6. The van der Waals surface area contributed by atoms with Crippen LogP contribution in [-0.4, -0.2) is 68.3 Å². The Hall–Kier alpha value is -4.60. The minimum atomic E-state index is 0.684. The van der Waals surface area contributed by atoms with Gasteiger partial charge < -0.3 is 20.1 Å². The molecule has 9 nitrogen and oxygen atoms in total. The van der Waals surface area contributed by atoms with E-state index in [-0.39, 0.29) is 0 Å². The molecule has 1 aromatic carbocycles.